The van der Waals surface area contributed by atoms with Crippen LogP contribution < -0.4 is 9.47 Å². The molecule has 0 saturated carbocycles. The van der Waals surface area contributed by atoms with Gasteiger partial charge in [-0.2, -0.15) is 8.78 Å². The molecule has 1 rings (SSSR count). The van der Waals surface area contributed by atoms with Crippen molar-refractivity contribution < 1.29 is 18.3 Å². The van der Waals surface area contributed by atoms with Gasteiger partial charge in [-0.1, -0.05) is 0 Å². The average Bonchev–Trinajstić information content (AvgIpc) is 2.10. The molecular formula is C10H12F2O2. The molecule has 0 aliphatic rings. The molecule has 0 spiro atoms. The van der Waals surface area contributed by atoms with E-state index in [1.165, 1.54) is 7.11 Å². The van der Waals surface area contributed by atoms with Gasteiger partial charge in [-0.25, -0.2) is 0 Å². The molecule has 0 saturated heterocycles. The normalized spacial score (nSPS) is 10.4. The van der Waals surface area contributed by atoms with Crippen LogP contribution >= 0.6 is 0 Å². The van der Waals surface area contributed by atoms with E-state index < -0.39 is 6.61 Å². The highest BCUT2D eigenvalue weighted by atomic mass is 19.3. The van der Waals surface area contributed by atoms with E-state index in [1.54, 1.807) is 26.0 Å². The highest BCUT2D eigenvalue weighted by Gasteiger charge is 2.11. The first kappa shape index (κ1) is 10.8. The lowest BCUT2D eigenvalue weighted by molar-refractivity contribution is -0.0507. The lowest BCUT2D eigenvalue weighted by Gasteiger charge is -2.12. The van der Waals surface area contributed by atoms with E-state index >= 15 is 0 Å². The maximum Gasteiger partial charge on any atom is 0.387 e. The maximum atomic E-state index is 12.0. The van der Waals surface area contributed by atoms with Crippen molar-refractivity contribution in [2.24, 2.45) is 0 Å². The molecule has 0 atom stereocenters. The Morgan fingerprint density at radius 2 is 1.64 bits per heavy atom. The van der Waals surface area contributed by atoms with E-state index in [0.29, 0.717) is 16.9 Å². The Kier molecular flexibility index (Phi) is 3.28. The molecule has 0 fully saturated rings. The van der Waals surface area contributed by atoms with Crippen LogP contribution in [0.3, 0.4) is 0 Å². The summed E-state index contributed by atoms with van der Waals surface area (Å²) in [7, 11) is 1.53. The van der Waals surface area contributed by atoms with E-state index in [2.05, 4.69) is 4.74 Å². The second-order valence-electron chi connectivity index (χ2n) is 2.97. The van der Waals surface area contributed by atoms with Crippen molar-refractivity contribution in [1.29, 1.82) is 0 Å². The molecule has 0 aromatic heterocycles. The molecule has 78 valence electrons. The largest absolute Gasteiger partial charge is 0.497 e. The van der Waals surface area contributed by atoms with Gasteiger partial charge in [-0.05, 0) is 37.1 Å². The smallest absolute Gasteiger partial charge is 0.387 e. The Labute approximate surface area is 81.4 Å². The lowest BCUT2D eigenvalue weighted by atomic mass is 10.1. The molecule has 0 heterocycles. The van der Waals surface area contributed by atoms with Crippen LogP contribution in [0.15, 0.2) is 12.1 Å². The number of aryl methyl sites for hydroxylation is 2. The van der Waals surface area contributed by atoms with E-state index in [9.17, 15) is 8.78 Å². The summed E-state index contributed by atoms with van der Waals surface area (Å²) in [6.45, 7) is 0.612. The molecule has 0 unspecified atom stereocenters. The van der Waals surface area contributed by atoms with Gasteiger partial charge in [0, 0.05) is 0 Å². The summed E-state index contributed by atoms with van der Waals surface area (Å²) < 4.78 is 33.4. The Bertz CT molecular complexity index is 301. The van der Waals surface area contributed by atoms with E-state index in [1.807, 2.05) is 0 Å². The highest BCUT2D eigenvalue weighted by molar-refractivity contribution is 5.45. The van der Waals surface area contributed by atoms with Gasteiger partial charge in [-0.3, -0.25) is 0 Å². The van der Waals surface area contributed by atoms with Crippen LogP contribution in [0.4, 0.5) is 8.78 Å². The quantitative estimate of drug-likeness (QED) is 0.750. The summed E-state index contributed by atoms with van der Waals surface area (Å²) in [5.74, 6) is 0.863. The zero-order chi connectivity index (χ0) is 10.7. The molecule has 1 aromatic rings. The number of hydrogen-bond donors (Lipinski definition) is 0. The van der Waals surface area contributed by atoms with Gasteiger partial charge in [0.2, 0.25) is 0 Å². The fourth-order valence-corrected chi connectivity index (χ4v) is 1.30. The first-order chi connectivity index (χ1) is 6.54. The van der Waals surface area contributed by atoms with Crippen molar-refractivity contribution in [3.63, 3.8) is 0 Å². The zero-order valence-electron chi connectivity index (χ0n) is 8.30. The fraction of sp³-hybridized carbons (Fsp3) is 0.400. The van der Waals surface area contributed by atoms with Gasteiger partial charge in [0.25, 0.3) is 0 Å². The number of halogens is 2. The van der Waals surface area contributed by atoms with Crippen LogP contribution in [0, 0.1) is 13.8 Å². The number of ether oxygens (including phenoxy) is 2. The van der Waals surface area contributed by atoms with Gasteiger partial charge in [0.1, 0.15) is 11.5 Å². The van der Waals surface area contributed by atoms with Gasteiger partial charge in [0.15, 0.2) is 0 Å². The van der Waals surface area contributed by atoms with Crippen molar-refractivity contribution in [2.75, 3.05) is 7.11 Å². The Morgan fingerprint density at radius 3 is 2.00 bits per heavy atom. The Hall–Kier alpha value is -1.32. The second-order valence-corrected chi connectivity index (χ2v) is 2.97. The van der Waals surface area contributed by atoms with Crippen molar-refractivity contribution in [1.82, 2.24) is 0 Å². The summed E-state index contributed by atoms with van der Waals surface area (Å²) >= 11 is 0. The molecule has 0 aliphatic carbocycles. The van der Waals surface area contributed by atoms with Crippen LogP contribution in [0.25, 0.3) is 0 Å². The van der Waals surface area contributed by atoms with E-state index in [4.69, 9.17) is 4.74 Å². The number of methoxy groups -OCH3 is 1. The molecule has 14 heavy (non-hydrogen) atoms. The minimum Gasteiger partial charge on any atom is -0.497 e. The minimum atomic E-state index is -2.79. The summed E-state index contributed by atoms with van der Waals surface area (Å²) in [5, 5.41) is 0. The van der Waals surface area contributed by atoms with Gasteiger partial charge in [-0.15, -0.1) is 0 Å². The lowest BCUT2D eigenvalue weighted by Crippen LogP contribution is -2.05. The fourth-order valence-electron chi connectivity index (χ4n) is 1.30. The molecule has 1 aromatic carbocycles. The molecule has 4 heteroatoms. The van der Waals surface area contributed by atoms with Crippen LogP contribution in [0.1, 0.15) is 11.1 Å². The van der Waals surface area contributed by atoms with Gasteiger partial charge >= 0.3 is 6.61 Å². The van der Waals surface area contributed by atoms with Crippen molar-refractivity contribution in [3.05, 3.63) is 23.3 Å². The molecule has 0 amide bonds. The highest BCUT2D eigenvalue weighted by Crippen LogP contribution is 2.29. The minimum absolute atomic E-state index is 0.223. The summed E-state index contributed by atoms with van der Waals surface area (Å²) in [4.78, 5) is 0. The van der Waals surface area contributed by atoms with Crippen molar-refractivity contribution in [3.8, 4) is 11.5 Å². The van der Waals surface area contributed by atoms with Crippen molar-refractivity contribution >= 4 is 0 Å². The zero-order valence-corrected chi connectivity index (χ0v) is 8.30. The van der Waals surface area contributed by atoms with Crippen LogP contribution in [-0.4, -0.2) is 13.7 Å². The average molecular weight is 202 g/mol. The number of hydrogen-bond acceptors (Lipinski definition) is 2. The van der Waals surface area contributed by atoms with Crippen LogP contribution in [-0.2, 0) is 0 Å². The monoisotopic (exact) mass is 202 g/mol. The third kappa shape index (κ3) is 2.34. The number of rotatable bonds is 3. The summed E-state index contributed by atoms with van der Waals surface area (Å²) in [5.41, 5.74) is 1.28. The topological polar surface area (TPSA) is 18.5 Å². The first-order valence-electron chi connectivity index (χ1n) is 4.14. The number of alkyl halides is 2. The third-order valence-corrected chi connectivity index (χ3v) is 1.88. The predicted octanol–water partition coefficient (Wildman–Crippen LogP) is 2.91. The van der Waals surface area contributed by atoms with Crippen LogP contribution in [0.5, 0.6) is 11.5 Å². The van der Waals surface area contributed by atoms with Gasteiger partial charge < -0.3 is 9.47 Å². The standard InChI is InChI=1S/C10H12F2O2/c1-6-4-8(13-3)5-7(2)9(6)14-10(11)12/h4-5,10H,1-3H3. The number of benzene rings is 1. The van der Waals surface area contributed by atoms with Crippen molar-refractivity contribution in [2.45, 2.75) is 20.5 Å². The summed E-state index contributed by atoms with van der Waals surface area (Å²) in [6.07, 6.45) is 0. The third-order valence-electron chi connectivity index (χ3n) is 1.88. The van der Waals surface area contributed by atoms with E-state index in [0.717, 1.165) is 0 Å². The molecule has 2 nitrogen and oxygen atoms in total. The molecule has 0 bridgehead atoms. The molecular weight excluding hydrogens is 190 g/mol. The maximum absolute atomic E-state index is 12.0. The van der Waals surface area contributed by atoms with E-state index in [-0.39, 0.29) is 5.75 Å². The summed E-state index contributed by atoms with van der Waals surface area (Å²) in [6, 6.07) is 3.31. The molecule has 0 radical (unpaired) electrons. The first-order valence-corrected chi connectivity index (χ1v) is 4.14. The predicted molar refractivity (Wildman–Crippen MR) is 49.1 cm³/mol. The Balaban J connectivity index is 3.05. The second kappa shape index (κ2) is 4.26. The molecule has 0 N–H and O–H groups in total. The Morgan fingerprint density at radius 1 is 1.14 bits per heavy atom. The molecule has 0 aliphatic heterocycles. The van der Waals surface area contributed by atoms with Crippen LogP contribution in [0.2, 0.25) is 0 Å². The van der Waals surface area contributed by atoms with Gasteiger partial charge in [0.05, 0.1) is 7.11 Å². The SMILES string of the molecule is COc1cc(C)c(OC(F)F)c(C)c1.